The van der Waals surface area contributed by atoms with Crippen LogP contribution in [0.25, 0.3) is 11.1 Å². The molecule has 0 aliphatic heterocycles. The molecule has 3 aromatic rings. The van der Waals surface area contributed by atoms with Gasteiger partial charge in [-0.3, -0.25) is 15.1 Å². The quantitative estimate of drug-likeness (QED) is 0.217. The summed E-state index contributed by atoms with van der Waals surface area (Å²) in [5.74, 6) is -0.324. The Morgan fingerprint density at radius 3 is 2.27 bits per heavy atom. The van der Waals surface area contributed by atoms with Crippen molar-refractivity contribution < 1.29 is 31.1 Å². The summed E-state index contributed by atoms with van der Waals surface area (Å²) >= 11 is 0. The van der Waals surface area contributed by atoms with E-state index in [0.29, 0.717) is 19.5 Å². The number of aromatic amines is 1. The first-order valence-electron chi connectivity index (χ1n) is 10.8. The van der Waals surface area contributed by atoms with Crippen LogP contribution in [-0.4, -0.2) is 29.1 Å². The number of carbonyl (C=O) groups is 1. The zero-order valence-electron chi connectivity index (χ0n) is 19.1. The van der Waals surface area contributed by atoms with E-state index in [1.54, 1.807) is 0 Å². The first kappa shape index (κ1) is 27.7. The highest BCUT2D eigenvalue weighted by molar-refractivity contribution is 5.98. The van der Waals surface area contributed by atoms with Crippen LogP contribution in [0.3, 0.4) is 0 Å². The number of amides is 2. The van der Waals surface area contributed by atoms with Crippen molar-refractivity contribution in [3.8, 4) is 11.1 Å². The van der Waals surface area contributed by atoms with E-state index in [1.165, 1.54) is 12.1 Å². The second kappa shape index (κ2) is 11.4. The Labute approximate surface area is 206 Å². The molecule has 0 unspecified atom stereocenters. The van der Waals surface area contributed by atoms with Gasteiger partial charge in [-0.25, -0.2) is 9.78 Å². The molecule has 6 N–H and O–H groups in total. The fourth-order valence-electron chi connectivity index (χ4n) is 3.29. The summed E-state index contributed by atoms with van der Waals surface area (Å²) in [5.41, 5.74) is 2.59. The van der Waals surface area contributed by atoms with Crippen molar-refractivity contribution in [2.24, 2.45) is 5.73 Å². The van der Waals surface area contributed by atoms with Crippen LogP contribution in [0.4, 0.5) is 42.8 Å². The summed E-state index contributed by atoms with van der Waals surface area (Å²) in [6, 6.07) is 6.18. The SMILES string of the molecule is NCCCNCc1ccc(-c2cnc(NC(=O)Nc3ccc(C(F)(F)F)cc3)[nH]c2=O)cc1C(F)(F)F. The molecule has 0 saturated carbocycles. The van der Waals surface area contributed by atoms with Crippen molar-refractivity contribution in [1.29, 1.82) is 0 Å². The summed E-state index contributed by atoms with van der Waals surface area (Å²) in [6.45, 7) is 0.802. The lowest BCUT2D eigenvalue weighted by molar-refractivity contribution is -0.138. The predicted molar refractivity (Wildman–Crippen MR) is 125 cm³/mol. The van der Waals surface area contributed by atoms with E-state index in [-0.39, 0.29) is 34.9 Å². The molecule has 198 valence electrons. The van der Waals surface area contributed by atoms with Crippen molar-refractivity contribution in [2.45, 2.75) is 25.3 Å². The number of hydrogen-bond acceptors (Lipinski definition) is 5. The minimum absolute atomic E-state index is 0.00381. The molecule has 0 fully saturated rings. The molecular weight excluding hydrogens is 506 g/mol. The van der Waals surface area contributed by atoms with Crippen LogP contribution in [0.2, 0.25) is 0 Å². The number of carbonyl (C=O) groups excluding carboxylic acids is 1. The minimum atomic E-state index is -4.67. The van der Waals surface area contributed by atoms with Crippen LogP contribution in [0.1, 0.15) is 23.1 Å². The topological polar surface area (TPSA) is 125 Å². The van der Waals surface area contributed by atoms with E-state index in [1.807, 2.05) is 0 Å². The molecule has 1 aromatic heterocycles. The number of urea groups is 1. The smallest absolute Gasteiger partial charge is 0.330 e. The zero-order chi connectivity index (χ0) is 27.2. The number of rotatable bonds is 8. The number of nitrogens with zero attached hydrogens (tertiary/aromatic N) is 1. The average molecular weight is 528 g/mol. The summed E-state index contributed by atoms with van der Waals surface area (Å²) < 4.78 is 78.8. The summed E-state index contributed by atoms with van der Waals surface area (Å²) in [7, 11) is 0. The van der Waals surface area contributed by atoms with Crippen LogP contribution in [0.5, 0.6) is 0 Å². The molecule has 0 aliphatic rings. The zero-order valence-corrected chi connectivity index (χ0v) is 19.1. The van der Waals surface area contributed by atoms with Gasteiger partial charge in [0.25, 0.3) is 5.56 Å². The van der Waals surface area contributed by atoms with E-state index >= 15 is 0 Å². The molecule has 1 heterocycles. The van der Waals surface area contributed by atoms with Gasteiger partial charge in [0.15, 0.2) is 0 Å². The lowest BCUT2D eigenvalue weighted by atomic mass is 10.00. The molecule has 0 atom stereocenters. The number of halogens is 6. The van der Waals surface area contributed by atoms with Crippen LogP contribution >= 0.6 is 0 Å². The van der Waals surface area contributed by atoms with Gasteiger partial charge in [0.1, 0.15) is 0 Å². The third-order valence-corrected chi connectivity index (χ3v) is 5.10. The highest BCUT2D eigenvalue weighted by atomic mass is 19.4. The number of nitrogens with two attached hydrogens (primary N) is 1. The van der Waals surface area contributed by atoms with Gasteiger partial charge in [-0.1, -0.05) is 12.1 Å². The second-order valence-electron chi connectivity index (χ2n) is 7.82. The van der Waals surface area contributed by atoms with Crippen LogP contribution < -0.4 is 27.2 Å². The molecule has 8 nitrogen and oxygen atoms in total. The van der Waals surface area contributed by atoms with Crippen LogP contribution in [0.15, 0.2) is 53.5 Å². The average Bonchev–Trinajstić information content (AvgIpc) is 2.81. The first-order chi connectivity index (χ1) is 17.4. The van der Waals surface area contributed by atoms with Gasteiger partial charge < -0.3 is 16.4 Å². The maximum absolute atomic E-state index is 13.6. The fourth-order valence-corrected chi connectivity index (χ4v) is 3.29. The van der Waals surface area contributed by atoms with E-state index in [9.17, 15) is 35.9 Å². The molecule has 2 aromatic carbocycles. The van der Waals surface area contributed by atoms with Gasteiger partial charge in [0.05, 0.1) is 16.7 Å². The number of benzene rings is 2. The standard InChI is InChI=1S/C23H22F6N6O2/c24-22(25,26)15-4-6-16(7-5-15)33-21(37)35-20-32-12-17(19(36)34-20)13-2-3-14(11-31-9-1-8-30)18(10-13)23(27,28)29/h2-7,10,12,31H,1,8-9,11,30H2,(H3,32,33,34,35,36,37). The number of anilines is 2. The van der Waals surface area contributed by atoms with E-state index < -0.39 is 35.1 Å². The number of hydrogen-bond donors (Lipinski definition) is 5. The van der Waals surface area contributed by atoms with Crippen LogP contribution in [-0.2, 0) is 18.9 Å². The van der Waals surface area contributed by atoms with Gasteiger partial charge in [-0.05, 0) is 61.0 Å². The molecule has 3 rings (SSSR count). The Bertz CT molecular complexity index is 1290. The highest BCUT2D eigenvalue weighted by Gasteiger charge is 2.34. The predicted octanol–water partition coefficient (Wildman–Crippen LogP) is 4.56. The van der Waals surface area contributed by atoms with E-state index in [2.05, 4.69) is 25.9 Å². The molecule has 14 heteroatoms. The van der Waals surface area contributed by atoms with Crippen molar-refractivity contribution in [3.05, 3.63) is 75.7 Å². The van der Waals surface area contributed by atoms with Gasteiger partial charge in [-0.15, -0.1) is 0 Å². The van der Waals surface area contributed by atoms with Crippen molar-refractivity contribution in [1.82, 2.24) is 15.3 Å². The first-order valence-corrected chi connectivity index (χ1v) is 10.8. The summed E-state index contributed by atoms with van der Waals surface area (Å²) in [6.07, 6.45) is -7.60. The van der Waals surface area contributed by atoms with Gasteiger partial charge in [0.2, 0.25) is 5.95 Å². The lowest BCUT2D eigenvalue weighted by Gasteiger charge is -2.15. The number of nitrogens with one attached hydrogen (secondary N) is 4. The fraction of sp³-hybridized carbons (Fsp3) is 0.261. The normalized spacial score (nSPS) is 11.9. The highest BCUT2D eigenvalue weighted by Crippen LogP contribution is 2.34. The monoisotopic (exact) mass is 528 g/mol. The molecule has 0 spiro atoms. The van der Waals surface area contributed by atoms with Crippen molar-refractivity contribution >= 4 is 17.7 Å². The molecule has 0 aliphatic carbocycles. The Morgan fingerprint density at radius 2 is 1.68 bits per heavy atom. The number of aromatic nitrogens is 2. The van der Waals surface area contributed by atoms with Gasteiger partial charge in [0, 0.05) is 18.4 Å². The second-order valence-corrected chi connectivity index (χ2v) is 7.82. The third-order valence-electron chi connectivity index (χ3n) is 5.10. The van der Waals surface area contributed by atoms with Crippen molar-refractivity contribution in [3.63, 3.8) is 0 Å². The molecule has 0 bridgehead atoms. The van der Waals surface area contributed by atoms with E-state index in [4.69, 9.17) is 5.73 Å². The molecule has 37 heavy (non-hydrogen) atoms. The van der Waals surface area contributed by atoms with E-state index in [0.717, 1.165) is 36.5 Å². The minimum Gasteiger partial charge on any atom is -0.330 e. The maximum atomic E-state index is 13.6. The Hall–Kier alpha value is -3.91. The maximum Gasteiger partial charge on any atom is 0.416 e. The number of H-pyrrole nitrogens is 1. The lowest BCUT2D eigenvalue weighted by Crippen LogP contribution is -2.23. The van der Waals surface area contributed by atoms with Gasteiger partial charge >= 0.3 is 18.4 Å². The summed E-state index contributed by atoms with van der Waals surface area (Å²) in [4.78, 5) is 30.7. The molecule has 0 radical (unpaired) electrons. The Morgan fingerprint density at radius 1 is 0.973 bits per heavy atom. The Kier molecular flexibility index (Phi) is 8.55. The largest absolute Gasteiger partial charge is 0.416 e. The summed E-state index contributed by atoms with van der Waals surface area (Å²) in [5, 5.41) is 7.35. The molecule has 2 amide bonds. The van der Waals surface area contributed by atoms with Crippen molar-refractivity contribution in [2.75, 3.05) is 23.7 Å². The third kappa shape index (κ3) is 7.54. The molecule has 0 saturated heterocycles. The van der Waals surface area contributed by atoms with Gasteiger partial charge in [-0.2, -0.15) is 26.3 Å². The Balaban J connectivity index is 1.74. The number of alkyl halides is 6. The van der Waals surface area contributed by atoms with Crippen LogP contribution in [0, 0.1) is 0 Å². The molecular formula is C23H22F6N6O2.